The van der Waals surface area contributed by atoms with Crippen molar-refractivity contribution in [3.8, 4) is 0 Å². The fraction of sp³-hybridized carbons (Fsp3) is 0.600. The molecule has 1 heterocycles. The normalized spacial score (nSPS) is 12.9. The molecule has 0 fully saturated rings. The lowest BCUT2D eigenvalue weighted by Crippen LogP contribution is -2.45. The van der Waals surface area contributed by atoms with Gasteiger partial charge in [0.25, 0.3) is 0 Å². The quantitative estimate of drug-likeness (QED) is 0.485. The van der Waals surface area contributed by atoms with Gasteiger partial charge in [-0.2, -0.15) is 5.10 Å². The van der Waals surface area contributed by atoms with Crippen LogP contribution in [0.25, 0.3) is 0 Å². The van der Waals surface area contributed by atoms with Crippen molar-refractivity contribution in [1.82, 2.24) is 15.1 Å². The van der Waals surface area contributed by atoms with Crippen LogP contribution in [-0.4, -0.2) is 21.3 Å². The van der Waals surface area contributed by atoms with Crippen LogP contribution in [-0.2, 0) is 13.6 Å². The number of aryl methyl sites for hydroxylation is 1. The largest absolute Gasteiger partial charge is 0.370 e. The SMILES string of the molecule is Cn1cc(I)c(CN=C(N)NC(C)(C)C)n1. The summed E-state index contributed by atoms with van der Waals surface area (Å²) in [7, 11) is 1.89. The topological polar surface area (TPSA) is 68.2 Å². The van der Waals surface area contributed by atoms with Crippen molar-refractivity contribution in [3.63, 3.8) is 0 Å². The third kappa shape index (κ3) is 4.38. The highest BCUT2D eigenvalue weighted by atomic mass is 127. The number of aromatic nitrogens is 2. The summed E-state index contributed by atoms with van der Waals surface area (Å²) < 4.78 is 2.88. The smallest absolute Gasteiger partial charge is 0.189 e. The molecule has 90 valence electrons. The molecule has 0 spiro atoms. The van der Waals surface area contributed by atoms with Crippen molar-refractivity contribution in [2.75, 3.05) is 0 Å². The van der Waals surface area contributed by atoms with Crippen LogP contribution in [0.3, 0.4) is 0 Å². The average Bonchev–Trinajstić information content (AvgIpc) is 2.38. The van der Waals surface area contributed by atoms with Gasteiger partial charge < -0.3 is 11.1 Å². The zero-order chi connectivity index (χ0) is 12.3. The minimum atomic E-state index is -0.0646. The van der Waals surface area contributed by atoms with Gasteiger partial charge in [-0.25, -0.2) is 4.99 Å². The van der Waals surface area contributed by atoms with Crippen LogP contribution in [0.4, 0.5) is 0 Å². The number of guanidine groups is 1. The van der Waals surface area contributed by atoms with E-state index in [4.69, 9.17) is 5.73 Å². The molecule has 1 aromatic rings. The molecule has 0 aliphatic rings. The number of nitrogens with zero attached hydrogens (tertiary/aromatic N) is 3. The van der Waals surface area contributed by atoms with E-state index in [1.807, 2.05) is 34.0 Å². The van der Waals surface area contributed by atoms with Gasteiger partial charge in [-0.1, -0.05) is 0 Å². The summed E-state index contributed by atoms with van der Waals surface area (Å²) in [4.78, 5) is 4.26. The van der Waals surface area contributed by atoms with Crippen LogP contribution in [0.15, 0.2) is 11.2 Å². The maximum Gasteiger partial charge on any atom is 0.189 e. The number of rotatable bonds is 2. The minimum Gasteiger partial charge on any atom is -0.370 e. The van der Waals surface area contributed by atoms with Crippen molar-refractivity contribution in [2.45, 2.75) is 32.9 Å². The Hall–Kier alpha value is -0.790. The lowest BCUT2D eigenvalue weighted by atomic mass is 10.1. The van der Waals surface area contributed by atoms with Crippen molar-refractivity contribution in [3.05, 3.63) is 15.5 Å². The van der Waals surface area contributed by atoms with E-state index >= 15 is 0 Å². The summed E-state index contributed by atoms with van der Waals surface area (Å²) in [5, 5.41) is 7.40. The molecule has 16 heavy (non-hydrogen) atoms. The van der Waals surface area contributed by atoms with E-state index in [1.165, 1.54) is 0 Å². The molecule has 0 radical (unpaired) electrons. The second-order valence-electron chi connectivity index (χ2n) is 4.67. The lowest BCUT2D eigenvalue weighted by Gasteiger charge is -2.20. The van der Waals surface area contributed by atoms with Gasteiger partial charge in [-0.15, -0.1) is 0 Å². The van der Waals surface area contributed by atoms with Crippen molar-refractivity contribution in [2.24, 2.45) is 17.8 Å². The maximum atomic E-state index is 5.77. The summed E-state index contributed by atoms with van der Waals surface area (Å²) in [5.41, 5.74) is 6.65. The second kappa shape index (κ2) is 5.03. The molecule has 5 nitrogen and oxygen atoms in total. The first-order valence-electron chi connectivity index (χ1n) is 5.04. The summed E-state index contributed by atoms with van der Waals surface area (Å²) in [5.74, 6) is 0.453. The van der Waals surface area contributed by atoms with Crippen LogP contribution in [0.2, 0.25) is 0 Å². The summed E-state index contributed by atoms with van der Waals surface area (Å²) in [6.45, 7) is 6.63. The highest BCUT2D eigenvalue weighted by molar-refractivity contribution is 14.1. The third-order valence-corrected chi connectivity index (χ3v) is 2.66. The molecule has 1 rings (SSSR count). The van der Waals surface area contributed by atoms with E-state index < -0.39 is 0 Å². The lowest BCUT2D eigenvalue weighted by molar-refractivity contribution is 0.508. The van der Waals surface area contributed by atoms with Gasteiger partial charge in [0.2, 0.25) is 0 Å². The number of nitrogens with one attached hydrogen (secondary N) is 1. The van der Waals surface area contributed by atoms with Gasteiger partial charge in [0.15, 0.2) is 5.96 Å². The van der Waals surface area contributed by atoms with E-state index in [0.717, 1.165) is 9.26 Å². The number of hydrogen-bond acceptors (Lipinski definition) is 2. The Morgan fingerprint density at radius 2 is 2.25 bits per heavy atom. The van der Waals surface area contributed by atoms with E-state index in [-0.39, 0.29) is 5.54 Å². The monoisotopic (exact) mass is 335 g/mol. The van der Waals surface area contributed by atoms with E-state index in [0.29, 0.717) is 12.5 Å². The Balaban J connectivity index is 2.62. The van der Waals surface area contributed by atoms with Gasteiger partial charge >= 0.3 is 0 Å². The molecular formula is C10H18IN5. The molecule has 6 heteroatoms. The Morgan fingerprint density at radius 1 is 1.62 bits per heavy atom. The first-order valence-corrected chi connectivity index (χ1v) is 6.12. The van der Waals surface area contributed by atoms with E-state index in [1.54, 1.807) is 4.68 Å². The third-order valence-electron chi connectivity index (χ3n) is 1.76. The minimum absolute atomic E-state index is 0.0646. The first kappa shape index (κ1) is 13.3. The van der Waals surface area contributed by atoms with Crippen molar-refractivity contribution < 1.29 is 0 Å². The van der Waals surface area contributed by atoms with Crippen LogP contribution in [0.1, 0.15) is 26.5 Å². The number of halogens is 1. The predicted molar refractivity (Wildman–Crippen MR) is 74.1 cm³/mol. The molecule has 0 atom stereocenters. The number of nitrogens with two attached hydrogens (primary N) is 1. The Morgan fingerprint density at radius 3 is 2.69 bits per heavy atom. The molecule has 0 aliphatic heterocycles. The molecule has 0 saturated heterocycles. The molecule has 0 unspecified atom stereocenters. The van der Waals surface area contributed by atoms with Gasteiger partial charge in [0.1, 0.15) is 0 Å². The fourth-order valence-corrected chi connectivity index (χ4v) is 1.88. The predicted octanol–water partition coefficient (Wildman–Crippen LogP) is 1.23. The van der Waals surface area contributed by atoms with Gasteiger partial charge in [0, 0.05) is 18.8 Å². The Bertz CT molecular complexity index is 388. The summed E-state index contributed by atoms with van der Waals surface area (Å²) in [6.07, 6.45) is 1.96. The van der Waals surface area contributed by atoms with Crippen molar-refractivity contribution >= 4 is 28.6 Å². The van der Waals surface area contributed by atoms with Crippen molar-refractivity contribution in [1.29, 1.82) is 0 Å². The molecule has 0 amide bonds. The van der Waals surface area contributed by atoms with Crippen LogP contribution in [0.5, 0.6) is 0 Å². The van der Waals surface area contributed by atoms with Crippen LogP contribution >= 0.6 is 22.6 Å². The molecule has 0 bridgehead atoms. The summed E-state index contributed by atoms with van der Waals surface area (Å²) in [6, 6.07) is 0. The van der Waals surface area contributed by atoms with Gasteiger partial charge in [0.05, 0.1) is 15.8 Å². The van der Waals surface area contributed by atoms with Gasteiger partial charge in [-0.05, 0) is 43.4 Å². The first-order chi connectivity index (χ1) is 7.28. The second-order valence-corrected chi connectivity index (χ2v) is 5.84. The zero-order valence-corrected chi connectivity index (χ0v) is 12.2. The Labute approximate surface area is 110 Å². The molecule has 0 aliphatic carbocycles. The standard InChI is InChI=1S/C10H18IN5/c1-10(2,3)14-9(12)13-5-8-7(11)6-16(4)15-8/h6H,5H2,1-4H3,(H3,12,13,14). The average molecular weight is 335 g/mol. The molecule has 3 N–H and O–H groups in total. The Kier molecular flexibility index (Phi) is 4.17. The van der Waals surface area contributed by atoms with Gasteiger partial charge in [-0.3, -0.25) is 4.68 Å². The highest BCUT2D eigenvalue weighted by Gasteiger charge is 2.10. The highest BCUT2D eigenvalue weighted by Crippen LogP contribution is 2.10. The zero-order valence-electron chi connectivity index (χ0n) is 10.1. The number of hydrogen-bond donors (Lipinski definition) is 2. The fourth-order valence-electron chi connectivity index (χ4n) is 1.20. The van der Waals surface area contributed by atoms with Crippen LogP contribution < -0.4 is 11.1 Å². The summed E-state index contributed by atoms with van der Waals surface area (Å²) >= 11 is 2.24. The molecular weight excluding hydrogens is 317 g/mol. The molecule has 0 saturated carbocycles. The van der Waals surface area contributed by atoms with Crippen LogP contribution in [0, 0.1) is 3.57 Å². The molecule has 1 aromatic heterocycles. The van der Waals surface area contributed by atoms with E-state index in [2.05, 4.69) is 38.0 Å². The maximum absolute atomic E-state index is 5.77. The number of aliphatic imine (C=N–C) groups is 1. The molecule has 0 aromatic carbocycles. The van der Waals surface area contributed by atoms with E-state index in [9.17, 15) is 0 Å².